The van der Waals surface area contributed by atoms with Crippen LogP contribution < -0.4 is 0 Å². The van der Waals surface area contributed by atoms with E-state index < -0.39 is 14.8 Å². The highest BCUT2D eigenvalue weighted by molar-refractivity contribution is 7.91. The Morgan fingerprint density at radius 2 is 1.90 bits per heavy atom. The lowest BCUT2D eigenvalue weighted by Gasteiger charge is -2.19. The van der Waals surface area contributed by atoms with Crippen molar-refractivity contribution in [1.29, 1.82) is 0 Å². The standard InChI is InChI=1S/C14H20N2O4S/c1-14(2)7-8-15(11-14)9-10-21(19,20)13-5-3-12(4-6-13)16(17)18/h3-6H,7-11H2,1-2H3. The maximum absolute atomic E-state index is 12.2. The van der Waals surface area contributed by atoms with Crippen LogP contribution in [0.5, 0.6) is 0 Å². The van der Waals surface area contributed by atoms with Crippen LogP contribution in [0.2, 0.25) is 0 Å². The van der Waals surface area contributed by atoms with Gasteiger partial charge in [0.2, 0.25) is 0 Å². The van der Waals surface area contributed by atoms with Crippen molar-refractivity contribution in [1.82, 2.24) is 4.90 Å². The summed E-state index contributed by atoms with van der Waals surface area (Å²) in [6.07, 6.45) is 1.07. The van der Waals surface area contributed by atoms with Gasteiger partial charge in [-0.25, -0.2) is 8.42 Å². The topological polar surface area (TPSA) is 80.5 Å². The second-order valence-electron chi connectivity index (χ2n) is 6.26. The second kappa shape index (κ2) is 5.73. The molecule has 0 unspecified atom stereocenters. The molecule has 0 N–H and O–H groups in total. The van der Waals surface area contributed by atoms with Crippen molar-refractivity contribution < 1.29 is 13.3 Å². The average Bonchev–Trinajstić information content (AvgIpc) is 2.76. The predicted octanol–water partition coefficient (Wildman–Crippen LogP) is 2.10. The van der Waals surface area contributed by atoms with E-state index in [2.05, 4.69) is 18.7 Å². The lowest BCUT2D eigenvalue weighted by atomic mass is 9.93. The number of benzene rings is 1. The molecule has 0 aliphatic carbocycles. The summed E-state index contributed by atoms with van der Waals surface area (Å²) in [5.41, 5.74) is 0.146. The number of likely N-dealkylation sites (tertiary alicyclic amines) is 1. The summed E-state index contributed by atoms with van der Waals surface area (Å²) in [6, 6.07) is 5.07. The van der Waals surface area contributed by atoms with E-state index in [1.54, 1.807) is 0 Å². The van der Waals surface area contributed by atoms with Gasteiger partial charge in [-0.05, 0) is 30.5 Å². The molecule has 116 valence electrons. The second-order valence-corrected chi connectivity index (χ2v) is 8.37. The maximum atomic E-state index is 12.2. The Kier molecular flexibility index (Phi) is 4.34. The Bertz CT molecular complexity index is 623. The van der Waals surface area contributed by atoms with Crippen molar-refractivity contribution in [2.75, 3.05) is 25.4 Å². The zero-order chi connectivity index (χ0) is 15.7. The first kappa shape index (κ1) is 15.9. The monoisotopic (exact) mass is 312 g/mol. The van der Waals surface area contributed by atoms with Crippen LogP contribution >= 0.6 is 0 Å². The van der Waals surface area contributed by atoms with E-state index in [1.165, 1.54) is 24.3 Å². The van der Waals surface area contributed by atoms with E-state index in [0.29, 0.717) is 6.54 Å². The van der Waals surface area contributed by atoms with Crippen LogP contribution in [0.15, 0.2) is 29.2 Å². The number of sulfone groups is 1. The summed E-state index contributed by atoms with van der Waals surface area (Å²) in [5, 5.41) is 10.6. The third kappa shape index (κ3) is 4.01. The summed E-state index contributed by atoms with van der Waals surface area (Å²) in [6.45, 7) is 6.68. The molecule has 2 rings (SSSR count). The first-order valence-electron chi connectivity index (χ1n) is 6.89. The van der Waals surface area contributed by atoms with Crippen LogP contribution in [0.25, 0.3) is 0 Å². The molecule has 0 bridgehead atoms. The summed E-state index contributed by atoms with van der Waals surface area (Å²) in [7, 11) is -3.39. The van der Waals surface area contributed by atoms with Crippen molar-refractivity contribution in [3.05, 3.63) is 34.4 Å². The highest BCUT2D eigenvalue weighted by atomic mass is 32.2. The summed E-state index contributed by atoms with van der Waals surface area (Å²) in [5.74, 6) is 0.0426. The Morgan fingerprint density at radius 1 is 1.29 bits per heavy atom. The highest BCUT2D eigenvalue weighted by Crippen LogP contribution is 2.28. The highest BCUT2D eigenvalue weighted by Gasteiger charge is 2.29. The van der Waals surface area contributed by atoms with Crippen molar-refractivity contribution in [2.24, 2.45) is 5.41 Å². The molecule has 6 nitrogen and oxygen atoms in total. The number of hydrogen-bond donors (Lipinski definition) is 0. The smallest absolute Gasteiger partial charge is 0.269 e. The molecular weight excluding hydrogens is 292 g/mol. The molecule has 1 aliphatic rings. The molecule has 21 heavy (non-hydrogen) atoms. The van der Waals surface area contributed by atoms with Gasteiger partial charge in [0, 0.05) is 25.2 Å². The molecular formula is C14H20N2O4S. The molecule has 0 radical (unpaired) electrons. The van der Waals surface area contributed by atoms with Crippen LogP contribution in [-0.2, 0) is 9.84 Å². The van der Waals surface area contributed by atoms with Crippen LogP contribution in [0, 0.1) is 15.5 Å². The first-order valence-corrected chi connectivity index (χ1v) is 8.54. The molecule has 0 spiro atoms. The molecule has 1 heterocycles. The van der Waals surface area contributed by atoms with Gasteiger partial charge in [-0.3, -0.25) is 10.1 Å². The predicted molar refractivity (Wildman–Crippen MR) is 80.0 cm³/mol. The molecule has 1 aromatic carbocycles. The van der Waals surface area contributed by atoms with Crippen LogP contribution in [0.3, 0.4) is 0 Å². The Labute approximate surface area is 124 Å². The molecule has 1 fully saturated rings. The van der Waals surface area contributed by atoms with Crippen LogP contribution in [-0.4, -0.2) is 43.6 Å². The third-order valence-corrected chi connectivity index (χ3v) is 5.55. The Hall–Kier alpha value is -1.47. The number of nitro groups is 1. The largest absolute Gasteiger partial charge is 0.302 e. The minimum absolute atomic E-state index is 0.0426. The molecule has 1 aromatic rings. The van der Waals surface area contributed by atoms with E-state index in [0.717, 1.165) is 19.5 Å². The average molecular weight is 312 g/mol. The molecule has 0 aromatic heterocycles. The third-order valence-electron chi connectivity index (χ3n) is 3.84. The van der Waals surface area contributed by atoms with Gasteiger partial charge in [0.25, 0.3) is 5.69 Å². The fourth-order valence-electron chi connectivity index (χ4n) is 2.56. The SMILES string of the molecule is CC1(C)CCN(CCS(=O)(=O)c2ccc([N+](=O)[O-])cc2)C1. The molecule has 1 saturated heterocycles. The van der Waals surface area contributed by atoms with E-state index >= 15 is 0 Å². The Balaban J connectivity index is 2.00. The quantitative estimate of drug-likeness (QED) is 0.614. The lowest BCUT2D eigenvalue weighted by molar-refractivity contribution is -0.384. The maximum Gasteiger partial charge on any atom is 0.269 e. The zero-order valence-corrected chi connectivity index (χ0v) is 13.1. The van der Waals surface area contributed by atoms with Gasteiger partial charge in [-0.15, -0.1) is 0 Å². The van der Waals surface area contributed by atoms with Gasteiger partial charge in [-0.2, -0.15) is 0 Å². The normalized spacial score (nSPS) is 18.8. The minimum atomic E-state index is -3.39. The van der Waals surface area contributed by atoms with Crippen molar-refractivity contribution in [2.45, 2.75) is 25.2 Å². The molecule has 0 saturated carbocycles. The van der Waals surface area contributed by atoms with Crippen LogP contribution in [0.1, 0.15) is 20.3 Å². The Morgan fingerprint density at radius 3 is 2.38 bits per heavy atom. The van der Waals surface area contributed by atoms with Crippen molar-refractivity contribution in [3.63, 3.8) is 0 Å². The molecule has 0 amide bonds. The van der Waals surface area contributed by atoms with Crippen molar-refractivity contribution >= 4 is 15.5 Å². The van der Waals surface area contributed by atoms with Crippen LogP contribution in [0.4, 0.5) is 5.69 Å². The van der Waals surface area contributed by atoms with Gasteiger partial charge in [0.15, 0.2) is 9.84 Å². The van der Waals surface area contributed by atoms with Gasteiger partial charge >= 0.3 is 0 Å². The number of nitro benzene ring substituents is 1. The number of hydrogen-bond acceptors (Lipinski definition) is 5. The summed E-state index contributed by atoms with van der Waals surface area (Å²) >= 11 is 0. The van der Waals surface area contributed by atoms with E-state index in [4.69, 9.17) is 0 Å². The van der Waals surface area contributed by atoms with Gasteiger partial charge in [0.05, 0.1) is 15.6 Å². The molecule has 0 atom stereocenters. The van der Waals surface area contributed by atoms with E-state index in [-0.39, 0.29) is 21.8 Å². The van der Waals surface area contributed by atoms with Gasteiger partial charge in [-0.1, -0.05) is 13.8 Å². The minimum Gasteiger partial charge on any atom is -0.302 e. The summed E-state index contributed by atoms with van der Waals surface area (Å²) in [4.78, 5) is 12.3. The fourth-order valence-corrected chi connectivity index (χ4v) is 3.84. The number of rotatable bonds is 5. The fraction of sp³-hybridized carbons (Fsp3) is 0.571. The van der Waals surface area contributed by atoms with Crippen molar-refractivity contribution in [3.8, 4) is 0 Å². The molecule has 1 aliphatic heterocycles. The number of non-ortho nitro benzene ring substituents is 1. The zero-order valence-electron chi connectivity index (χ0n) is 12.3. The van der Waals surface area contributed by atoms with E-state index in [1.807, 2.05) is 0 Å². The first-order chi connectivity index (χ1) is 9.70. The number of nitrogens with zero attached hydrogens (tertiary/aromatic N) is 2. The van der Waals surface area contributed by atoms with Gasteiger partial charge in [0.1, 0.15) is 0 Å². The molecule has 7 heteroatoms. The van der Waals surface area contributed by atoms with Gasteiger partial charge < -0.3 is 4.90 Å². The van der Waals surface area contributed by atoms with E-state index in [9.17, 15) is 18.5 Å². The lowest BCUT2D eigenvalue weighted by Crippen LogP contribution is -2.29. The summed E-state index contributed by atoms with van der Waals surface area (Å²) < 4.78 is 24.5.